The third-order valence-electron chi connectivity index (χ3n) is 4.76. The van der Waals surface area contributed by atoms with Crippen molar-refractivity contribution >= 4 is 23.5 Å². The molecule has 0 fully saturated rings. The summed E-state index contributed by atoms with van der Waals surface area (Å²) in [5.74, 6) is -0.147. The first-order valence-electron chi connectivity index (χ1n) is 9.67. The zero-order valence-corrected chi connectivity index (χ0v) is 17.7. The number of aromatic nitrogens is 2. The van der Waals surface area contributed by atoms with Gasteiger partial charge in [0.15, 0.2) is 0 Å². The highest BCUT2D eigenvalue weighted by Gasteiger charge is 2.12. The van der Waals surface area contributed by atoms with E-state index in [9.17, 15) is 4.79 Å². The van der Waals surface area contributed by atoms with Crippen molar-refractivity contribution in [2.24, 2.45) is 5.10 Å². The monoisotopic (exact) mass is 414 g/mol. The van der Waals surface area contributed by atoms with E-state index in [0.29, 0.717) is 6.42 Å². The number of rotatable bonds is 6. The fourth-order valence-corrected chi connectivity index (χ4v) is 3.96. The molecule has 1 N–H and O–H groups in total. The smallest absolute Gasteiger partial charge is 0.244 e. The van der Waals surface area contributed by atoms with E-state index in [4.69, 9.17) is 5.10 Å². The molecule has 4 aromatic rings. The summed E-state index contributed by atoms with van der Waals surface area (Å²) in [6.07, 6.45) is 3.87. The van der Waals surface area contributed by atoms with E-state index in [2.05, 4.69) is 16.6 Å². The third kappa shape index (κ3) is 4.55. The maximum atomic E-state index is 12.3. The van der Waals surface area contributed by atoms with E-state index >= 15 is 0 Å². The van der Waals surface area contributed by atoms with Gasteiger partial charge in [0, 0.05) is 11.8 Å². The van der Waals surface area contributed by atoms with E-state index in [0.717, 1.165) is 32.9 Å². The summed E-state index contributed by atoms with van der Waals surface area (Å²) < 4.78 is 1.83. The summed E-state index contributed by atoms with van der Waals surface area (Å²) in [6.45, 7) is 4.06. The number of nitrogens with one attached hydrogen (secondary N) is 1. The van der Waals surface area contributed by atoms with Crippen LogP contribution in [0.3, 0.4) is 0 Å². The maximum absolute atomic E-state index is 12.3. The Labute approximate surface area is 179 Å². The molecule has 150 valence electrons. The van der Waals surface area contributed by atoms with Crippen molar-refractivity contribution in [2.75, 3.05) is 0 Å². The Hall–Kier alpha value is -3.51. The Morgan fingerprint density at radius 3 is 2.70 bits per heavy atom. The SMILES string of the molecule is Cc1ccc(CC(=O)N/N=C\c2cn(-c3ccccc3)nc2-c2cccs2)c(C)c1. The number of hydrogen-bond acceptors (Lipinski definition) is 4. The highest BCUT2D eigenvalue weighted by atomic mass is 32.1. The number of hydrogen-bond donors (Lipinski definition) is 1. The Kier molecular flexibility index (Phi) is 5.86. The molecule has 30 heavy (non-hydrogen) atoms. The van der Waals surface area contributed by atoms with Crippen molar-refractivity contribution in [1.29, 1.82) is 0 Å². The Balaban J connectivity index is 1.52. The van der Waals surface area contributed by atoms with Crippen LogP contribution in [0.1, 0.15) is 22.3 Å². The van der Waals surface area contributed by atoms with Crippen LogP contribution in [-0.4, -0.2) is 21.9 Å². The molecule has 0 aliphatic heterocycles. The van der Waals surface area contributed by atoms with Gasteiger partial charge < -0.3 is 0 Å². The van der Waals surface area contributed by atoms with Gasteiger partial charge in [-0.15, -0.1) is 11.3 Å². The summed E-state index contributed by atoms with van der Waals surface area (Å²) >= 11 is 1.62. The second kappa shape index (κ2) is 8.88. The zero-order valence-electron chi connectivity index (χ0n) is 16.9. The lowest BCUT2D eigenvalue weighted by Crippen LogP contribution is -2.20. The number of thiophene rings is 1. The van der Waals surface area contributed by atoms with Gasteiger partial charge in [-0.3, -0.25) is 4.79 Å². The minimum absolute atomic E-state index is 0.147. The summed E-state index contributed by atoms with van der Waals surface area (Å²) in [5, 5.41) is 10.9. The van der Waals surface area contributed by atoms with Gasteiger partial charge >= 0.3 is 0 Å². The van der Waals surface area contributed by atoms with E-state index < -0.39 is 0 Å². The number of para-hydroxylation sites is 1. The minimum atomic E-state index is -0.147. The van der Waals surface area contributed by atoms with Crippen molar-refractivity contribution in [3.8, 4) is 16.3 Å². The van der Waals surface area contributed by atoms with Crippen LogP contribution < -0.4 is 5.43 Å². The van der Waals surface area contributed by atoms with Crippen LogP contribution in [0, 0.1) is 13.8 Å². The van der Waals surface area contributed by atoms with Crippen molar-refractivity contribution in [3.05, 3.63) is 94.5 Å². The summed E-state index contributed by atoms with van der Waals surface area (Å²) in [7, 11) is 0. The van der Waals surface area contributed by atoms with Gasteiger partial charge in [0.05, 0.1) is 23.2 Å². The zero-order chi connectivity index (χ0) is 20.9. The molecule has 2 aromatic heterocycles. The Bertz CT molecular complexity index is 1180. The predicted octanol–water partition coefficient (Wildman–Crippen LogP) is 4.91. The van der Waals surface area contributed by atoms with Crippen LogP contribution in [0.15, 0.2) is 77.3 Å². The molecular formula is C24H22N4OS. The predicted molar refractivity (Wildman–Crippen MR) is 122 cm³/mol. The molecule has 5 nitrogen and oxygen atoms in total. The normalized spacial score (nSPS) is 11.1. The maximum Gasteiger partial charge on any atom is 0.244 e. The van der Waals surface area contributed by atoms with Crippen molar-refractivity contribution in [1.82, 2.24) is 15.2 Å². The van der Waals surface area contributed by atoms with Crippen molar-refractivity contribution < 1.29 is 4.79 Å². The standard InChI is InChI=1S/C24H22N4OS/c1-17-10-11-19(18(2)13-17)14-23(29)26-25-15-20-16-28(21-7-4-3-5-8-21)27-24(20)22-9-6-12-30-22/h3-13,15-16H,14H2,1-2H3,(H,26,29)/b25-15-. The van der Waals surface area contributed by atoms with Gasteiger partial charge in [-0.25, -0.2) is 10.1 Å². The molecule has 4 rings (SSSR count). The molecule has 0 aliphatic rings. The molecule has 0 atom stereocenters. The number of carbonyl (C=O) groups excluding carboxylic acids is 1. The van der Waals surface area contributed by atoms with Crippen LogP contribution in [0.4, 0.5) is 0 Å². The largest absolute Gasteiger partial charge is 0.273 e. The molecule has 0 bridgehead atoms. The molecule has 1 amide bonds. The molecule has 0 spiro atoms. The molecule has 2 aromatic carbocycles. The van der Waals surface area contributed by atoms with Gasteiger partial charge in [-0.2, -0.15) is 10.2 Å². The van der Waals surface area contributed by atoms with E-state index in [-0.39, 0.29) is 5.91 Å². The topological polar surface area (TPSA) is 59.3 Å². The number of amides is 1. The number of benzene rings is 2. The molecule has 0 aliphatic carbocycles. The summed E-state index contributed by atoms with van der Waals surface area (Å²) in [4.78, 5) is 13.4. The first-order valence-corrected chi connectivity index (χ1v) is 10.5. The third-order valence-corrected chi connectivity index (χ3v) is 5.64. The lowest BCUT2D eigenvalue weighted by molar-refractivity contribution is -0.120. The van der Waals surface area contributed by atoms with Gasteiger partial charge in [-0.1, -0.05) is 48.0 Å². The summed E-state index contributed by atoms with van der Waals surface area (Å²) in [5.41, 5.74) is 8.58. The van der Waals surface area contributed by atoms with Crippen LogP contribution in [0.2, 0.25) is 0 Å². The first-order chi connectivity index (χ1) is 14.6. The molecule has 0 unspecified atom stereocenters. The number of hydrazone groups is 1. The average molecular weight is 415 g/mol. The van der Waals surface area contributed by atoms with E-state index in [1.165, 1.54) is 5.56 Å². The number of nitrogens with zero attached hydrogens (tertiary/aromatic N) is 3. The lowest BCUT2D eigenvalue weighted by Gasteiger charge is -2.05. The van der Waals surface area contributed by atoms with Crippen LogP contribution in [-0.2, 0) is 11.2 Å². The van der Waals surface area contributed by atoms with Crippen LogP contribution in [0.5, 0.6) is 0 Å². The fourth-order valence-electron chi connectivity index (χ4n) is 3.23. The van der Waals surface area contributed by atoms with Crippen LogP contribution >= 0.6 is 11.3 Å². The minimum Gasteiger partial charge on any atom is -0.273 e. The molecule has 2 heterocycles. The Morgan fingerprint density at radius 2 is 1.97 bits per heavy atom. The van der Waals surface area contributed by atoms with Gasteiger partial charge in [-0.05, 0) is 48.6 Å². The number of aryl methyl sites for hydroxylation is 2. The second-order valence-electron chi connectivity index (χ2n) is 7.09. The van der Waals surface area contributed by atoms with E-state index in [1.807, 2.05) is 84.7 Å². The van der Waals surface area contributed by atoms with Crippen molar-refractivity contribution in [3.63, 3.8) is 0 Å². The van der Waals surface area contributed by atoms with Gasteiger partial charge in [0.25, 0.3) is 0 Å². The molecule has 0 saturated heterocycles. The summed E-state index contributed by atoms with van der Waals surface area (Å²) in [6, 6.07) is 20.0. The van der Waals surface area contributed by atoms with Gasteiger partial charge in [0.2, 0.25) is 5.91 Å². The van der Waals surface area contributed by atoms with Crippen molar-refractivity contribution in [2.45, 2.75) is 20.3 Å². The fraction of sp³-hybridized carbons (Fsp3) is 0.125. The number of carbonyl (C=O) groups is 1. The quantitative estimate of drug-likeness (QED) is 0.360. The van der Waals surface area contributed by atoms with E-state index in [1.54, 1.807) is 17.6 Å². The molecule has 0 saturated carbocycles. The Morgan fingerprint density at radius 1 is 1.13 bits per heavy atom. The van der Waals surface area contributed by atoms with Crippen LogP contribution in [0.25, 0.3) is 16.3 Å². The molecular weight excluding hydrogens is 392 g/mol. The first kappa shape index (κ1) is 19.8. The lowest BCUT2D eigenvalue weighted by atomic mass is 10.0. The molecule has 6 heteroatoms. The second-order valence-corrected chi connectivity index (χ2v) is 8.04. The van der Waals surface area contributed by atoms with Gasteiger partial charge in [0.1, 0.15) is 5.69 Å². The molecule has 0 radical (unpaired) electrons. The highest BCUT2D eigenvalue weighted by Crippen LogP contribution is 2.26. The average Bonchev–Trinajstić information content (AvgIpc) is 3.41. The highest BCUT2D eigenvalue weighted by molar-refractivity contribution is 7.13.